The normalized spacial score (nSPS) is 29.4. The van der Waals surface area contributed by atoms with Gasteiger partial charge in [0.25, 0.3) is 5.91 Å². The molecule has 0 saturated heterocycles. The number of carbonyl (C=O) groups excluding carboxylic acids is 1. The number of thiophene rings is 1. The van der Waals surface area contributed by atoms with Crippen molar-refractivity contribution in [2.75, 3.05) is 6.54 Å². The highest BCUT2D eigenvalue weighted by atomic mass is 32.1. The van der Waals surface area contributed by atoms with Gasteiger partial charge in [-0.15, -0.1) is 11.3 Å². The lowest BCUT2D eigenvalue weighted by Crippen LogP contribution is -2.40. The molecule has 3 fully saturated rings. The lowest BCUT2D eigenvalue weighted by Gasteiger charge is -2.28. The summed E-state index contributed by atoms with van der Waals surface area (Å²) in [6.45, 7) is 1.13. The zero-order chi connectivity index (χ0) is 16.7. The Morgan fingerprint density at radius 2 is 2.00 bits per heavy atom. The molecule has 2 atom stereocenters. The van der Waals surface area contributed by atoms with Crippen LogP contribution in [0.15, 0.2) is 11.4 Å². The van der Waals surface area contributed by atoms with Crippen LogP contribution in [0.3, 0.4) is 0 Å². The summed E-state index contributed by atoms with van der Waals surface area (Å²) in [4.78, 5) is 13.6. The fourth-order valence-electron chi connectivity index (χ4n) is 3.49. The number of halogens is 2. The zero-order valence-corrected chi connectivity index (χ0v) is 14.5. The molecule has 2 N–H and O–H groups in total. The topological polar surface area (TPSA) is 41.1 Å². The van der Waals surface area contributed by atoms with E-state index in [0.717, 1.165) is 18.9 Å². The first-order valence-electron chi connectivity index (χ1n) is 9.01. The average molecular weight is 354 g/mol. The number of hydrogen-bond donors (Lipinski definition) is 2. The number of carbonyl (C=O) groups is 1. The first kappa shape index (κ1) is 16.5. The molecule has 6 heteroatoms. The van der Waals surface area contributed by atoms with E-state index in [-0.39, 0.29) is 24.8 Å². The first-order valence-corrected chi connectivity index (χ1v) is 9.89. The van der Waals surface area contributed by atoms with Crippen molar-refractivity contribution in [1.29, 1.82) is 0 Å². The van der Waals surface area contributed by atoms with Crippen molar-refractivity contribution >= 4 is 17.2 Å². The fourth-order valence-corrected chi connectivity index (χ4v) is 4.56. The van der Waals surface area contributed by atoms with E-state index in [0.29, 0.717) is 30.4 Å². The minimum atomic E-state index is -2.55. The lowest BCUT2D eigenvalue weighted by molar-refractivity contribution is -0.0399. The molecule has 3 aliphatic carbocycles. The maximum atomic E-state index is 13.2. The minimum absolute atomic E-state index is 0.115. The molecule has 1 amide bonds. The maximum Gasteiger partial charge on any atom is 0.252 e. The van der Waals surface area contributed by atoms with Gasteiger partial charge in [0.2, 0.25) is 5.92 Å². The molecule has 0 bridgehead atoms. The van der Waals surface area contributed by atoms with Crippen molar-refractivity contribution in [3.63, 3.8) is 0 Å². The van der Waals surface area contributed by atoms with E-state index in [1.165, 1.54) is 17.7 Å². The number of rotatable bonds is 6. The van der Waals surface area contributed by atoms with E-state index < -0.39 is 5.92 Å². The molecule has 4 rings (SSSR count). The molecule has 1 aromatic rings. The Morgan fingerprint density at radius 1 is 1.25 bits per heavy atom. The predicted molar refractivity (Wildman–Crippen MR) is 90.9 cm³/mol. The van der Waals surface area contributed by atoms with Gasteiger partial charge in [-0.25, -0.2) is 8.78 Å². The molecule has 0 spiro atoms. The first-order chi connectivity index (χ1) is 11.5. The highest BCUT2D eigenvalue weighted by Crippen LogP contribution is 2.44. The Bertz CT molecular complexity index is 604. The van der Waals surface area contributed by atoms with E-state index in [9.17, 15) is 13.6 Å². The van der Waals surface area contributed by atoms with Gasteiger partial charge in [0.05, 0.1) is 5.56 Å². The summed E-state index contributed by atoms with van der Waals surface area (Å²) < 4.78 is 26.3. The van der Waals surface area contributed by atoms with Crippen LogP contribution in [0.1, 0.15) is 66.1 Å². The van der Waals surface area contributed by atoms with E-state index in [1.807, 2.05) is 11.4 Å². The van der Waals surface area contributed by atoms with E-state index in [2.05, 4.69) is 10.6 Å². The highest BCUT2D eigenvalue weighted by Gasteiger charge is 2.40. The quantitative estimate of drug-likeness (QED) is 0.813. The fraction of sp³-hybridized carbons (Fsp3) is 0.722. The van der Waals surface area contributed by atoms with E-state index >= 15 is 0 Å². The molecule has 0 radical (unpaired) electrons. The Kier molecular flexibility index (Phi) is 4.37. The van der Waals surface area contributed by atoms with Crippen LogP contribution in [0.25, 0.3) is 0 Å². The number of alkyl halides is 2. The summed E-state index contributed by atoms with van der Waals surface area (Å²) in [5.74, 6) is -1.23. The van der Waals surface area contributed by atoms with Crippen LogP contribution in [0.4, 0.5) is 8.78 Å². The molecule has 132 valence electrons. The lowest BCUT2D eigenvalue weighted by atomic mass is 9.92. The van der Waals surface area contributed by atoms with Gasteiger partial charge in [-0.05, 0) is 50.6 Å². The van der Waals surface area contributed by atoms with Gasteiger partial charge in [0.1, 0.15) is 0 Å². The van der Waals surface area contributed by atoms with Crippen molar-refractivity contribution < 1.29 is 13.6 Å². The van der Waals surface area contributed by atoms with Crippen LogP contribution in [0, 0.1) is 5.92 Å². The Morgan fingerprint density at radius 3 is 2.71 bits per heavy atom. The largest absolute Gasteiger partial charge is 0.349 e. The molecule has 1 aromatic heterocycles. The molecule has 1 heterocycles. The molecular weight excluding hydrogens is 330 g/mol. The second kappa shape index (κ2) is 6.37. The van der Waals surface area contributed by atoms with Gasteiger partial charge >= 0.3 is 0 Å². The highest BCUT2D eigenvalue weighted by molar-refractivity contribution is 7.10. The smallest absolute Gasteiger partial charge is 0.252 e. The van der Waals surface area contributed by atoms with Crippen LogP contribution < -0.4 is 10.6 Å². The van der Waals surface area contributed by atoms with Crippen molar-refractivity contribution in [1.82, 2.24) is 10.6 Å². The van der Waals surface area contributed by atoms with Gasteiger partial charge in [0, 0.05) is 41.1 Å². The van der Waals surface area contributed by atoms with Crippen molar-refractivity contribution in [2.24, 2.45) is 5.92 Å². The van der Waals surface area contributed by atoms with Crippen molar-refractivity contribution in [3.05, 3.63) is 21.9 Å². The Balaban J connectivity index is 1.26. The van der Waals surface area contributed by atoms with Crippen LogP contribution in [-0.2, 0) is 0 Å². The van der Waals surface area contributed by atoms with Gasteiger partial charge in [-0.3, -0.25) is 4.79 Å². The second-order valence-corrected chi connectivity index (χ2v) is 8.58. The third kappa shape index (κ3) is 3.97. The zero-order valence-electron chi connectivity index (χ0n) is 13.7. The molecule has 3 aliphatic rings. The number of hydrogen-bond acceptors (Lipinski definition) is 3. The summed E-state index contributed by atoms with van der Waals surface area (Å²) in [7, 11) is 0. The van der Waals surface area contributed by atoms with Gasteiger partial charge < -0.3 is 10.6 Å². The van der Waals surface area contributed by atoms with Gasteiger partial charge in [-0.2, -0.15) is 0 Å². The molecule has 0 unspecified atom stereocenters. The van der Waals surface area contributed by atoms with Crippen LogP contribution in [0.2, 0.25) is 0 Å². The Hall–Kier alpha value is -1.01. The summed E-state index contributed by atoms with van der Waals surface area (Å²) in [5.41, 5.74) is 0.681. The molecule has 0 aromatic carbocycles. The maximum absolute atomic E-state index is 13.2. The van der Waals surface area contributed by atoms with Crippen molar-refractivity contribution in [2.45, 2.75) is 68.9 Å². The van der Waals surface area contributed by atoms with Gasteiger partial charge in [0.15, 0.2) is 0 Å². The standard InChI is InChI=1S/C18H24F2N2OS/c19-18(20)5-3-13(4-6-18)22-17(23)12-7-16(24-10-12)14-8-15(14)21-9-11-1-2-11/h7,10-11,13-15,21H,1-6,8-9H2,(H,22,23)/t14-,15-/m1/s1. The third-order valence-corrected chi connectivity index (χ3v) is 6.52. The number of nitrogens with one attached hydrogen (secondary N) is 2. The molecule has 3 nitrogen and oxygen atoms in total. The number of amides is 1. The van der Waals surface area contributed by atoms with Crippen LogP contribution in [-0.4, -0.2) is 30.5 Å². The average Bonchev–Trinajstić information content (AvgIpc) is 3.46. The van der Waals surface area contributed by atoms with E-state index in [1.54, 1.807) is 11.3 Å². The monoisotopic (exact) mass is 354 g/mol. The van der Waals surface area contributed by atoms with Crippen LogP contribution >= 0.6 is 11.3 Å². The van der Waals surface area contributed by atoms with Crippen LogP contribution in [0.5, 0.6) is 0 Å². The second-order valence-electron chi connectivity index (χ2n) is 7.64. The van der Waals surface area contributed by atoms with Gasteiger partial charge in [-0.1, -0.05) is 0 Å². The molecule has 0 aliphatic heterocycles. The SMILES string of the molecule is O=C(NC1CCC(F)(F)CC1)c1csc([C@@H]2C[C@H]2NCC2CC2)c1. The predicted octanol–water partition coefficient (Wildman–Crippen LogP) is 3.91. The van der Waals surface area contributed by atoms with Crippen molar-refractivity contribution in [3.8, 4) is 0 Å². The Labute approximate surface area is 145 Å². The van der Waals surface area contributed by atoms with E-state index in [4.69, 9.17) is 0 Å². The summed E-state index contributed by atoms with van der Waals surface area (Å²) in [5, 5.41) is 8.44. The molecule has 24 heavy (non-hydrogen) atoms. The third-order valence-electron chi connectivity index (χ3n) is 5.46. The summed E-state index contributed by atoms with van der Waals surface area (Å²) in [6, 6.07) is 2.44. The summed E-state index contributed by atoms with van der Waals surface area (Å²) >= 11 is 1.64. The minimum Gasteiger partial charge on any atom is -0.349 e. The molecular formula is C18H24F2N2OS. The molecule has 3 saturated carbocycles. The summed E-state index contributed by atoms with van der Waals surface area (Å²) in [6.07, 6.45) is 4.37.